The van der Waals surface area contributed by atoms with E-state index >= 15 is 0 Å². The van der Waals surface area contributed by atoms with Gasteiger partial charge in [-0.05, 0) is 55.6 Å². The number of hydrogen-bond donors (Lipinski definition) is 1. The predicted molar refractivity (Wildman–Crippen MR) is 93.4 cm³/mol. The summed E-state index contributed by atoms with van der Waals surface area (Å²) in [5.41, 5.74) is 6.27. The number of benzene rings is 1. The van der Waals surface area contributed by atoms with Gasteiger partial charge in [-0.1, -0.05) is 11.6 Å². The van der Waals surface area contributed by atoms with Crippen molar-refractivity contribution >= 4 is 17.5 Å². The Hall–Kier alpha value is -2.11. The number of carbonyl (C=O) groups excluding carboxylic acids is 1. The molecule has 0 unspecified atom stereocenters. The number of halogens is 1. The first-order valence-corrected chi connectivity index (χ1v) is 8.42. The van der Waals surface area contributed by atoms with E-state index in [2.05, 4.69) is 4.98 Å². The molecule has 3 rings (SSSR count). The number of hydrogen-bond acceptors (Lipinski definition) is 4. The summed E-state index contributed by atoms with van der Waals surface area (Å²) in [5.74, 6) is 1.69. The van der Waals surface area contributed by atoms with Gasteiger partial charge in [-0.2, -0.15) is 0 Å². The maximum atomic E-state index is 12.6. The van der Waals surface area contributed by atoms with Crippen molar-refractivity contribution in [2.45, 2.75) is 12.8 Å². The molecule has 1 saturated heterocycles. The van der Waals surface area contributed by atoms with Crippen LogP contribution in [0.25, 0.3) is 0 Å². The van der Waals surface area contributed by atoms with Crippen LogP contribution in [0.3, 0.4) is 0 Å². The number of carbonyl (C=O) groups is 1. The third-order valence-corrected chi connectivity index (χ3v) is 4.59. The molecule has 1 amide bonds. The number of pyridine rings is 1. The number of likely N-dealkylation sites (tertiary alicyclic amines) is 1. The van der Waals surface area contributed by atoms with E-state index in [0.29, 0.717) is 34.5 Å². The normalized spacial score (nSPS) is 15.3. The summed E-state index contributed by atoms with van der Waals surface area (Å²) in [4.78, 5) is 18.4. The van der Waals surface area contributed by atoms with Crippen LogP contribution in [0.15, 0.2) is 42.7 Å². The zero-order chi connectivity index (χ0) is 16.9. The van der Waals surface area contributed by atoms with Crippen LogP contribution in [-0.4, -0.2) is 35.4 Å². The van der Waals surface area contributed by atoms with Crippen LogP contribution in [0, 0.1) is 5.92 Å². The van der Waals surface area contributed by atoms with Gasteiger partial charge in [0, 0.05) is 31.0 Å². The Balaban J connectivity index is 1.69. The van der Waals surface area contributed by atoms with Crippen LogP contribution in [0.2, 0.25) is 5.02 Å². The average molecular weight is 346 g/mol. The van der Waals surface area contributed by atoms with E-state index in [0.717, 1.165) is 25.9 Å². The number of rotatable bonds is 4. The Bertz CT molecular complexity index is 701. The van der Waals surface area contributed by atoms with Gasteiger partial charge in [0.1, 0.15) is 11.5 Å². The lowest BCUT2D eigenvalue weighted by atomic mass is 9.96. The molecule has 2 heterocycles. The smallest absolute Gasteiger partial charge is 0.253 e. The minimum absolute atomic E-state index is 0.00262. The van der Waals surface area contributed by atoms with Crippen molar-refractivity contribution in [2.75, 3.05) is 19.6 Å². The molecule has 0 bridgehead atoms. The van der Waals surface area contributed by atoms with Crippen molar-refractivity contribution in [3.63, 3.8) is 0 Å². The first kappa shape index (κ1) is 16.7. The molecule has 1 aliphatic heterocycles. The highest BCUT2D eigenvalue weighted by Crippen LogP contribution is 2.30. The number of piperidine rings is 1. The fraction of sp³-hybridized carbons (Fsp3) is 0.333. The minimum Gasteiger partial charge on any atom is -0.456 e. The molecule has 2 N–H and O–H groups in total. The first-order valence-electron chi connectivity index (χ1n) is 8.04. The summed E-state index contributed by atoms with van der Waals surface area (Å²) in [6.45, 7) is 2.18. The van der Waals surface area contributed by atoms with Gasteiger partial charge in [-0.15, -0.1) is 0 Å². The van der Waals surface area contributed by atoms with Crippen LogP contribution in [0.4, 0.5) is 0 Å². The zero-order valence-corrected chi connectivity index (χ0v) is 14.1. The summed E-state index contributed by atoms with van der Waals surface area (Å²) >= 11 is 6.28. The van der Waals surface area contributed by atoms with Crippen LogP contribution < -0.4 is 10.5 Å². The van der Waals surface area contributed by atoms with Crippen LogP contribution >= 0.6 is 11.6 Å². The maximum Gasteiger partial charge on any atom is 0.253 e. The Morgan fingerprint density at radius 2 is 1.96 bits per heavy atom. The number of aromatic nitrogens is 1. The molecule has 126 valence electrons. The maximum absolute atomic E-state index is 12.6. The van der Waals surface area contributed by atoms with Gasteiger partial charge in [0.2, 0.25) is 0 Å². The molecule has 1 aromatic carbocycles. The zero-order valence-electron chi connectivity index (χ0n) is 13.3. The standard InChI is InChI=1S/C18H20ClN3O2/c19-16-11-14(18(23)22-9-5-13(12-20)6-10-22)1-2-17(16)24-15-3-7-21-8-4-15/h1-4,7-8,11,13H,5-6,9-10,12,20H2. The average Bonchev–Trinajstić information content (AvgIpc) is 2.64. The predicted octanol–water partition coefficient (Wildman–Crippen LogP) is 3.34. The lowest BCUT2D eigenvalue weighted by Gasteiger charge is -2.31. The van der Waals surface area contributed by atoms with Gasteiger partial charge >= 0.3 is 0 Å². The van der Waals surface area contributed by atoms with Crippen LogP contribution in [-0.2, 0) is 0 Å². The van der Waals surface area contributed by atoms with E-state index in [4.69, 9.17) is 22.1 Å². The second-order valence-corrected chi connectivity index (χ2v) is 6.31. The molecule has 2 aromatic rings. The quantitative estimate of drug-likeness (QED) is 0.922. The van der Waals surface area contributed by atoms with Crippen molar-refractivity contribution in [3.8, 4) is 11.5 Å². The van der Waals surface area contributed by atoms with Gasteiger partial charge < -0.3 is 15.4 Å². The molecule has 0 saturated carbocycles. The first-order chi connectivity index (χ1) is 11.7. The van der Waals surface area contributed by atoms with Crippen molar-refractivity contribution in [1.82, 2.24) is 9.88 Å². The highest BCUT2D eigenvalue weighted by molar-refractivity contribution is 6.32. The third kappa shape index (κ3) is 3.86. The molecule has 0 atom stereocenters. The minimum atomic E-state index is 0.00262. The summed E-state index contributed by atoms with van der Waals surface area (Å²) < 4.78 is 5.71. The van der Waals surface area contributed by atoms with Gasteiger partial charge in [-0.3, -0.25) is 9.78 Å². The van der Waals surface area contributed by atoms with Crippen LogP contribution in [0.5, 0.6) is 11.5 Å². The molecule has 0 radical (unpaired) electrons. The second kappa shape index (κ2) is 7.64. The molecule has 1 fully saturated rings. The molecular formula is C18H20ClN3O2. The summed E-state index contributed by atoms with van der Waals surface area (Å²) in [5, 5.41) is 0.412. The Kier molecular flexibility index (Phi) is 5.33. The van der Waals surface area contributed by atoms with Gasteiger partial charge in [0.15, 0.2) is 0 Å². The number of nitrogens with two attached hydrogens (primary N) is 1. The van der Waals surface area contributed by atoms with Crippen molar-refractivity contribution in [1.29, 1.82) is 0 Å². The van der Waals surface area contributed by atoms with Crippen LogP contribution in [0.1, 0.15) is 23.2 Å². The Morgan fingerprint density at radius 3 is 2.58 bits per heavy atom. The highest BCUT2D eigenvalue weighted by Gasteiger charge is 2.23. The molecule has 6 heteroatoms. The number of amides is 1. The summed E-state index contributed by atoms with van der Waals surface area (Å²) in [7, 11) is 0. The van der Waals surface area contributed by atoms with Crippen molar-refractivity contribution < 1.29 is 9.53 Å². The fourth-order valence-electron chi connectivity index (χ4n) is 2.80. The lowest BCUT2D eigenvalue weighted by molar-refractivity contribution is 0.0693. The van der Waals surface area contributed by atoms with Gasteiger partial charge in [0.25, 0.3) is 5.91 Å². The highest BCUT2D eigenvalue weighted by atomic mass is 35.5. The van der Waals surface area contributed by atoms with E-state index in [1.807, 2.05) is 4.90 Å². The molecule has 5 nitrogen and oxygen atoms in total. The van der Waals surface area contributed by atoms with E-state index in [1.54, 1.807) is 42.7 Å². The SMILES string of the molecule is NCC1CCN(C(=O)c2ccc(Oc3ccncc3)c(Cl)c2)CC1. The molecule has 24 heavy (non-hydrogen) atoms. The largest absolute Gasteiger partial charge is 0.456 e. The molecule has 1 aliphatic rings. The topological polar surface area (TPSA) is 68.5 Å². The Labute approximate surface area is 146 Å². The third-order valence-electron chi connectivity index (χ3n) is 4.29. The van der Waals surface area contributed by atoms with E-state index in [1.165, 1.54) is 0 Å². The number of ether oxygens (including phenoxy) is 1. The summed E-state index contributed by atoms with van der Waals surface area (Å²) in [6, 6.07) is 8.63. The molecule has 0 aliphatic carbocycles. The monoisotopic (exact) mass is 345 g/mol. The Morgan fingerprint density at radius 1 is 1.25 bits per heavy atom. The van der Waals surface area contributed by atoms with E-state index < -0.39 is 0 Å². The van der Waals surface area contributed by atoms with E-state index in [9.17, 15) is 4.79 Å². The second-order valence-electron chi connectivity index (χ2n) is 5.90. The van der Waals surface area contributed by atoms with Gasteiger partial charge in [0.05, 0.1) is 5.02 Å². The summed E-state index contributed by atoms with van der Waals surface area (Å²) in [6.07, 6.45) is 5.20. The lowest BCUT2D eigenvalue weighted by Crippen LogP contribution is -2.40. The molecule has 0 spiro atoms. The molecular weight excluding hydrogens is 326 g/mol. The van der Waals surface area contributed by atoms with E-state index in [-0.39, 0.29) is 5.91 Å². The molecule has 1 aromatic heterocycles. The van der Waals surface area contributed by atoms with Gasteiger partial charge in [-0.25, -0.2) is 0 Å². The van der Waals surface area contributed by atoms with Crippen molar-refractivity contribution in [3.05, 3.63) is 53.3 Å². The fourth-order valence-corrected chi connectivity index (χ4v) is 3.02. The van der Waals surface area contributed by atoms with Crippen molar-refractivity contribution in [2.24, 2.45) is 11.7 Å². The number of nitrogens with zero attached hydrogens (tertiary/aromatic N) is 2.